The fourth-order valence-corrected chi connectivity index (χ4v) is 1.75. The van der Waals surface area contributed by atoms with Gasteiger partial charge in [0.25, 0.3) is 5.56 Å². The molecule has 0 radical (unpaired) electrons. The predicted octanol–water partition coefficient (Wildman–Crippen LogP) is 0.0860. The summed E-state index contributed by atoms with van der Waals surface area (Å²) in [4.78, 5) is 28.6. The number of hydrogen-bond acceptors (Lipinski definition) is 6. The third-order valence-electron chi connectivity index (χ3n) is 2.98. The highest BCUT2D eigenvalue weighted by molar-refractivity contribution is 5.71. The van der Waals surface area contributed by atoms with E-state index in [4.69, 9.17) is 9.84 Å². The first-order chi connectivity index (χ1) is 10.5. The Balaban J connectivity index is 2.30. The molecule has 0 aromatic carbocycles. The molecule has 0 aliphatic heterocycles. The zero-order chi connectivity index (χ0) is 16.1. The standard InChI is InChI=1S/C13H20N6O3/c1-4-9(5-20)22-8-19-7-14-10-11(19)16-13(17-12(10)21)15-6-18(2)3/h6-7,9,20H,4-5,8H2,1-3H3,(H,16,17,21)/b15-6-. The number of ether oxygens (including phenoxy) is 1. The molecule has 2 heterocycles. The Morgan fingerprint density at radius 3 is 3.00 bits per heavy atom. The minimum Gasteiger partial charge on any atom is -0.394 e. The van der Waals surface area contributed by atoms with Crippen LogP contribution in [0.15, 0.2) is 16.1 Å². The molecule has 120 valence electrons. The summed E-state index contributed by atoms with van der Waals surface area (Å²) in [5.41, 5.74) is 0.260. The number of aliphatic imine (C=N–C) groups is 1. The molecule has 0 fully saturated rings. The molecule has 1 unspecified atom stereocenters. The third-order valence-corrected chi connectivity index (χ3v) is 2.98. The van der Waals surface area contributed by atoms with Crippen LogP contribution < -0.4 is 5.56 Å². The number of rotatable bonds is 7. The Morgan fingerprint density at radius 2 is 2.36 bits per heavy atom. The topological polar surface area (TPSA) is 109 Å². The molecule has 2 rings (SSSR count). The van der Waals surface area contributed by atoms with Crippen LogP contribution in [0.1, 0.15) is 13.3 Å². The van der Waals surface area contributed by atoms with Crippen molar-refractivity contribution < 1.29 is 9.84 Å². The Morgan fingerprint density at radius 1 is 1.59 bits per heavy atom. The van der Waals surface area contributed by atoms with Crippen LogP contribution in [0.25, 0.3) is 11.2 Å². The van der Waals surface area contributed by atoms with Crippen molar-refractivity contribution in [1.29, 1.82) is 0 Å². The first-order valence-corrected chi connectivity index (χ1v) is 6.93. The highest BCUT2D eigenvalue weighted by atomic mass is 16.5. The van der Waals surface area contributed by atoms with E-state index in [9.17, 15) is 4.79 Å². The number of H-pyrrole nitrogens is 1. The maximum Gasteiger partial charge on any atom is 0.280 e. The second-order valence-corrected chi connectivity index (χ2v) is 4.99. The molecule has 0 aliphatic carbocycles. The van der Waals surface area contributed by atoms with Crippen LogP contribution in [0.3, 0.4) is 0 Å². The van der Waals surface area contributed by atoms with Crippen molar-refractivity contribution in [3.8, 4) is 0 Å². The van der Waals surface area contributed by atoms with Gasteiger partial charge in [-0.05, 0) is 6.42 Å². The van der Waals surface area contributed by atoms with Crippen LogP contribution in [-0.2, 0) is 11.5 Å². The van der Waals surface area contributed by atoms with Crippen LogP contribution in [-0.4, -0.2) is 62.7 Å². The molecule has 9 nitrogen and oxygen atoms in total. The largest absolute Gasteiger partial charge is 0.394 e. The lowest BCUT2D eigenvalue weighted by atomic mass is 10.3. The first kappa shape index (κ1) is 16.1. The van der Waals surface area contributed by atoms with Gasteiger partial charge in [0.2, 0.25) is 5.95 Å². The fraction of sp³-hybridized carbons (Fsp3) is 0.538. The summed E-state index contributed by atoms with van der Waals surface area (Å²) >= 11 is 0. The van der Waals surface area contributed by atoms with Crippen molar-refractivity contribution in [2.24, 2.45) is 4.99 Å². The van der Waals surface area contributed by atoms with E-state index < -0.39 is 0 Å². The summed E-state index contributed by atoms with van der Waals surface area (Å²) in [7, 11) is 3.63. The van der Waals surface area contributed by atoms with Crippen molar-refractivity contribution in [3.05, 3.63) is 16.7 Å². The summed E-state index contributed by atoms with van der Waals surface area (Å²) in [6.07, 6.45) is 3.46. The Kier molecular flexibility index (Phi) is 5.23. The van der Waals surface area contributed by atoms with E-state index in [2.05, 4.69) is 19.9 Å². The molecule has 0 amide bonds. The van der Waals surface area contributed by atoms with Gasteiger partial charge in [-0.25, -0.2) is 9.98 Å². The SMILES string of the molecule is CCC(CO)OCn1cnc2c(=O)[nH]c(/N=C\N(C)C)nc21. The quantitative estimate of drug-likeness (QED) is 0.554. The predicted molar refractivity (Wildman–Crippen MR) is 82.2 cm³/mol. The summed E-state index contributed by atoms with van der Waals surface area (Å²) in [6.45, 7) is 2.02. The molecule has 22 heavy (non-hydrogen) atoms. The van der Waals surface area contributed by atoms with E-state index in [1.165, 1.54) is 6.33 Å². The average Bonchev–Trinajstić information content (AvgIpc) is 2.90. The average molecular weight is 308 g/mol. The summed E-state index contributed by atoms with van der Waals surface area (Å²) in [5.74, 6) is 0.196. The number of imidazole rings is 1. The summed E-state index contributed by atoms with van der Waals surface area (Å²) < 4.78 is 7.15. The van der Waals surface area contributed by atoms with Gasteiger partial charge in [-0.1, -0.05) is 6.92 Å². The van der Waals surface area contributed by atoms with Crippen LogP contribution in [0.5, 0.6) is 0 Å². The van der Waals surface area contributed by atoms with E-state index in [1.807, 2.05) is 21.0 Å². The molecule has 9 heteroatoms. The van der Waals surface area contributed by atoms with E-state index in [1.54, 1.807) is 15.8 Å². The molecule has 2 aromatic rings. The van der Waals surface area contributed by atoms with Crippen molar-refractivity contribution in [2.45, 2.75) is 26.2 Å². The van der Waals surface area contributed by atoms with Gasteiger partial charge in [-0.3, -0.25) is 14.3 Å². The Hall–Kier alpha value is -2.26. The number of aliphatic hydroxyl groups excluding tert-OH is 1. The second-order valence-electron chi connectivity index (χ2n) is 4.99. The molecule has 0 aliphatic rings. The van der Waals surface area contributed by atoms with Crippen LogP contribution in [0.2, 0.25) is 0 Å². The minimum absolute atomic E-state index is 0.0600. The van der Waals surface area contributed by atoms with E-state index in [0.717, 1.165) is 0 Å². The number of nitrogens with zero attached hydrogens (tertiary/aromatic N) is 5. The molecule has 2 N–H and O–H groups in total. The molecule has 2 aromatic heterocycles. The van der Waals surface area contributed by atoms with Crippen molar-refractivity contribution in [2.75, 3.05) is 20.7 Å². The van der Waals surface area contributed by atoms with Crippen LogP contribution >= 0.6 is 0 Å². The Bertz CT molecular complexity index is 701. The van der Waals surface area contributed by atoms with Gasteiger partial charge in [0.1, 0.15) is 6.73 Å². The second kappa shape index (κ2) is 7.14. The highest BCUT2D eigenvalue weighted by Gasteiger charge is 2.11. The fourth-order valence-electron chi connectivity index (χ4n) is 1.75. The van der Waals surface area contributed by atoms with Gasteiger partial charge in [0.15, 0.2) is 11.2 Å². The monoisotopic (exact) mass is 308 g/mol. The van der Waals surface area contributed by atoms with Gasteiger partial charge >= 0.3 is 0 Å². The number of hydrogen-bond donors (Lipinski definition) is 2. The lowest BCUT2D eigenvalue weighted by Crippen LogP contribution is -2.18. The molecule has 0 spiro atoms. The maximum atomic E-state index is 12.0. The van der Waals surface area contributed by atoms with Gasteiger partial charge in [0.05, 0.1) is 25.4 Å². The lowest BCUT2D eigenvalue weighted by Gasteiger charge is -2.13. The molecule has 0 bridgehead atoms. The van der Waals surface area contributed by atoms with Crippen LogP contribution in [0, 0.1) is 0 Å². The van der Waals surface area contributed by atoms with E-state index >= 15 is 0 Å². The smallest absolute Gasteiger partial charge is 0.280 e. The highest BCUT2D eigenvalue weighted by Crippen LogP contribution is 2.10. The number of aliphatic hydroxyl groups is 1. The molecule has 0 saturated carbocycles. The molecular formula is C13H20N6O3. The molecular weight excluding hydrogens is 288 g/mol. The Labute approximate surface area is 127 Å². The van der Waals surface area contributed by atoms with Gasteiger partial charge < -0.3 is 14.7 Å². The number of nitrogens with one attached hydrogen (secondary N) is 1. The van der Waals surface area contributed by atoms with Gasteiger partial charge in [0, 0.05) is 14.1 Å². The lowest BCUT2D eigenvalue weighted by molar-refractivity contribution is -0.0238. The number of aromatic amines is 1. The zero-order valence-electron chi connectivity index (χ0n) is 12.9. The summed E-state index contributed by atoms with van der Waals surface area (Å²) in [5, 5.41) is 9.13. The van der Waals surface area contributed by atoms with Crippen molar-refractivity contribution in [3.63, 3.8) is 0 Å². The molecule has 1 atom stereocenters. The molecule has 0 saturated heterocycles. The summed E-state index contributed by atoms with van der Waals surface area (Å²) in [6, 6.07) is 0. The van der Waals surface area contributed by atoms with Crippen molar-refractivity contribution in [1.82, 2.24) is 24.4 Å². The van der Waals surface area contributed by atoms with Crippen molar-refractivity contribution >= 4 is 23.5 Å². The van der Waals surface area contributed by atoms with Crippen LogP contribution in [0.4, 0.5) is 5.95 Å². The minimum atomic E-state index is -0.358. The maximum absolute atomic E-state index is 12.0. The van der Waals surface area contributed by atoms with E-state index in [0.29, 0.717) is 12.1 Å². The third kappa shape index (κ3) is 3.68. The van der Waals surface area contributed by atoms with Gasteiger partial charge in [-0.15, -0.1) is 0 Å². The van der Waals surface area contributed by atoms with Gasteiger partial charge in [-0.2, -0.15) is 4.98 Å². The normalized spacial score (nSPS) is 13.1. The number of aromatic nitrogens is 4. The van der Waals surface area contributed by atoms with E-state index in [-0.39, 0.29) is 36.5 Å². The first-order valence-electron chi connectivity index (χ1n) is 6.93. The number of fused-ring (bicyclic) bond motifs is 1. The zero-order valence-corrected chi connectivity index (χ0v) is 12.9.